The van der Waals surface area contributed by atoms with Crippen LogP contribution in [0.1, 0.15) is 36.7 Å². The second-order valence-corrected chi connectivity index (χ2v) is 8.79. The molecule has 11 heteroatoms. The van der Waals surface area contributed by atoms with Gasteiger partial charge in [-0.3, -0.25) is 4.57 Å². The van der Waals surface area contributed by atoms with Crippen LogP contribution in [0.15, 0.2) is 53.6 Å². The van der Waals surface area contributed by atoms with Crippen LogP contribution in [0.25, 0.3) is 0 Å². The largest absolute Gasteiger partial charge is 0.426 e. The molecule has 0 aliphatic carbocycles. The van der Waals surface area contributed by atoms with Crippen LogP contribution in [0.3, 0.4) is 0 Å². The van der Waals surface area contributed by atoms with Gasteiger partial charge in [-0.25, -0.2) is 22.5 Å². The van der Waals surface area contributed by atoms with E-state index in [0.29, 0.717) is 30.1 Å². The minimum absolute atomic E-state index is 0.156. The van der Waals surface area contributed by atoms with Crippen molar-refractivity contribution in [3.05, 3.63) is 71.3 Å². The van der Waals surface area contributed by atoms with Crippen molar-refractivity contribution in [1.82, 2.24) is 14.3 Å². The second kappa shape index (κ2) is 8.91. The molecule has 2 aromatic carbocycles. The molecule has 0 amide bonds. The summed E-state index contributed by atoms with van der Waals surface area (Å²) in [6.45, 7) is 5.55. The molecule has 1 unspecified atom stereocenters. The molecule has 0 spiro atoms. The fourth-order valence-electron chi connectivity index (χ4n) is 3.14. The average molecular weight is 471 g/mol. The van der Waals surface area contributed by atoms with Gasteiger partial charge >= 0.3 is 12.2 Å². The quantitative estimate of drug-likeness (QED) is 0.481. The standard InChI is InChI=1S/C21H21F4N3O3S/c1-4-28-18(12-26-20(28)31-16-8-5-13(2)6-9-16)14(3)27-32(29,30)19-10-7-15(22)11-17(19)21(23,24)25/h5-12,14,27H,4H2,1-3H3. The predicted molar refractivity (Wildman–Crippen MR) is 109 cm³/mol. The summed E-state index contributed by atoms with van der Waals surface area (Å²) in [5.74, 6) is -0.664. The molecule has 172 valence electrons. The highest BCUT2D eigenvalue weighted by Gasteiger charge is 2.38. The van der Waals surface area contributed by atoms with Crippen LogP contribution in [0, 0.1) is 12.7 Å². The third kappa shape index (κ3) is 5.10. The van der Waals surface area contributed by atoms with Crippen molar-refractivity contribution in [1.29, 1.82) is 0 Å². The number of ether oxygens (including phenoxy) is 1. The molecule has 1 aromatic heterocycles. The van der Waals surface area contributed by atoms with E-state index >= 15 is 0 Å². The number of halogens is 4. The summed E-state index contributed by atoms with van der Waals surface area (Å²) in [5.41, 5.74) is -0.155. The highest BCUT2D eigenvalue weighted by atomic mass is 32.2. The number of alkyl halides is 3. The van der Waals surface area contributed by atoms with Gasteiger partial charge in [0.15, 0.2) is 0 Å². The van der Waals surface area contributed by atoms with Gasteiger partial charge in [-0.15, -0.1) is 0 Å². The molecular formula is C21H21F4N3O3S. The molecule has 0 bridgehead atoms. The SMILES string of the molecule is CCn1c(C(C)NS(=O)(=O)c2ccc(F)cc2C(F)(F)F)cnc1Oc1ccc(C)cc1. The zero-order valence-electron chi connectivity index (χ0n) is 17.4. The van der Waals surface area contributed by atoms with Gasteiger partial charge in [-0.2, -0.15) is 13.2 Å². The van der Waals surface area contributed by atoms with Gasteiger partial charge in [0.1, 0.15) is 11.6 Å². The number of sulfonamides is 1. The van der Waals surface area contributed by atoms with E-state index < -0.39 is 38.5 Å². The van der Waals surface area contributed by atoms with E-state index in [1.54, 1.807) is 23.6 Å². The summed E-state index contributed by atoms with van der Waals surface area (Å²) in [5, 5.41) is 0. The zero-order chi connectivity index (χ0) is 23.7. The van der Waals surface area contributed by atoms with E-state index in [2.05, 4.69) is 9.71 Å². The average Bonchev–Trinajstić information content (AvgIpc) is 3.11. The van der Waals surface area contributed by atoms with E-state index in [0.717, 1.165) is 5.56 Å². The molecule has 1 heterocycles. The molecule has 6 nitrogen and oxygen atoms in total. The minimum Gasteiger partial charge on any atom is -0.426 e. The number of hydrogen-bond acceptors (Lipinski definition) is 4. The highest BCUT2D eigenvalue weighted by molar-refractivity contribution is 7.89. The van der Waals surface area contributed by atoms with Crippen molar-refractivity contribution in [3.63, 3.8) is 0 Å². The summed E-state index contributed by atoms with van der Waals surface area (Å²) in [6, 6.07) is 7.88. The Kier molecular flexibility index (Phi) is 6.61. The molecule has 1 atom stereocenters. The van der Waals surface area contributed by atoms with Gasteiger partial charge in [0, 0.05) is 6.54 Å². The Balaban J connectivity index is 1.90. The number of nitrogens with one attached hydrogen (secondary N) is 1. The number of aromatic nitrogens is 2. The van der Waals surface area contributed by atoms with Crippen molar-refractivity contribution in [2.75, 3.05) is 0 Å². The van der Waals surface area contributed by atoms with E-state index in [1.807, 2.05) is 19.1 Å². The smallest absolute Gasteiger partial charge is 0.417 e. The van der Waals surface area contributed by atoms with E-state index in [9.17, 15) is 26.0 Å². The Labute approximate surface area is 182 Å². The predicted octanol–water partition coefficient (Wildman–Crippen LogP) is 5.20. The highest BCUT2D eigenvalue weighted by Crippen LogP contribution is 2.35. The molecule has 0 aliphatic rings. The molecule has 0 aliphatic heterocycles. The van der Waals surface area contributed by atoms with Crippen molar-refractivity contribution < 1.29 is 30.7 Å². The van der Waals surface area contributed by atoms with Crippen LogP contribution < -0.4 is 9.46 Å². The second-order valence-electron chi connectivity index (χ2n) is 7.11. The molecule has 3 aromatic rings. The first-order valence-corrected chi connectivity index (χ1v) is 11.1. The first-order chi connectivity index (χ1) is 14.9. The first-order valence-electron chi connectivity index (χ1n) is 9.61. The molecule has 3 rings (SSSR count). The molecular weight excluding hydrogens is 450 g/mol. The van der Waals surface area contributed by atoms with Crippen LogP contribution in [-0.4, -0.2) is 18.0 Å². The summed E-state index contributed by atoms with van der Waals surface area (Å²) < 4.78 is 88.2. The third-order valence-electron chi connectivity index (χ3n) is 4.71. The molecule has 0 saturated heterocycles. The topological polar surface area (TPSA) is 73.2 Å². The Morgan fingerprint density at radius 1 is 1.16 bits per heavy atom. The van der Waals surface area contributed by atoms with Gasteiger partial charge in [-0.05, 0) is 51.1 Å². The van der Waals surface area contributed by atoms with Crippen LogP contribution in [0.2, 0.25) is 0 Å². The zero-order valence-corrected chi connectivity index (χ0v) is 18.3. The van der Waals surface area contributed by atoms with Crippen molar-refractivity contribution >= 4 is 10.0 Å². The fraction of sp³-hybridized carbons (Fsp3) is 0.286. The molecule has 32 heavy (non-hydrogen) atoms. The Hall–Kier alpha value is -2.92. The number of hydrogen-bond donors (Lipinski definition) is 1. The number of rotatable bonds is 7. The number of aryl methyl sites for hydroxylation is 1. The minimum atomic E-state index is -5.05. The summed E-state index contributed by atoms with van der Waals surface area (Å²) in [7, 11) is -4.64. The number of benzene rings is 2. The Morgan fingerprint density at radius 3 is 2.41 bits per heavy atom. The molecule has 0 radical (unpaired) electrons. The Morgan fingerprint density at radius 2 is 1.81 bits per heavy atom. The molecule has 1 N–H and O–H groups in total. The van der Waals surface area contributed by atoms with Crippen molar-refractivity contribution in [3.8, 4) is 11.8 Å². The van der Waals surface area contributed by atoms with Crippen LogP contribution >= 0.6 is 0 Å². The lowest BCUT2D eigenvalue weighted by atomic mass is 10.2. The molecule has 0 saturated carbocycles. The van der Waals surface area contributed by atoms with Gasteiger partial charge in [-0.1, -0.05) is 17.7 Å². The summed E-state index contributed by atoms with van der Waals surface area (Å²) in [6.07, 6.45) is -3.66. The number of imidazole rings is 1. The van der Waals surface area contributed by atoms with E-state index in [4.69, 9.17) is 4.74 Å². The lowest BCUT2D eigenvalue weighted by Gasteiger charge is -2.19. The maximum Gasteiger partial charge on any atom is 0.417 e. The lowest BCUT2D eigenvalue weighted by Crippen LogP contribution is -2.30. The monoisotopic (exact) mass is 471 g/mol. The maximum atomic E-state index is 13.4. The fourth-order valence-corrected chi connectivity index (χ4v) is 4.57. The van der Waals surface area contributed by atoms with Crippen molar-refractivity contribution in [2.24, 2.45) is 0 Å². The first kappa shape index (κ1) is 23.7. The van der Waals surface area contributed by atoms with Gasteiger partial charge < -0.3 is 4.74 Å². The van der Waals surface area contributed by atoms with Gasteiger partial charge in [0.25, 0.3) is 0 Å². The van der Waals surface area contributed by atoms with Crippen LogP contribution in [-0.2, 0) is 22.7 Å². The van der Waals surface area contributed by atoms with Crippen LogP contribution in [0.5, 0.6) is 11.8 Å². The van der Waals surface area contributed by atoms with E-state index in [-0.39, 0.29) is 12.1 Å². The van der Waals surface area contributed by atoms with Crippen molar-refractivity contribution in [2.45, 2.75) is 44.4 Å². The summed E-state index contributed by atoms with van der Waals surface area (Å²) in [4.78, 5) is 3.11. The number of nitrogens with zero attached hydrogens (tertiary/aromatic N) is 2. The normalized spacial score (nSPS) is 13.2. The molecule has 0 fully saturated rings. The third-order valence-corrected chi connectivity index (χ3v) is 6.31. The lowest BCUT2D eigenvalue weighted by molar-refractivity contribution is -0.140. The summed E-state index contributed by atoms with van der Waals surface area (Å²) >= 11 is 0. The van der Waals surface area contributed by atoms with E-state index in [1.165, 1.54) is 13.1 Å². The Bertz CT molecular complexity index is 1210. The van der Waals surface area contributed by atoms with Gasteiger partial charge in [0.05, 0.1) is 28.4 Å². The van der Waals surface area contributed by atoms with Gasteiger partial charge in [0.2, 0.25) is 10.0 Å². The maximum absolute atomic E-state index is 13.4. The van der Waals surface area contributed by atoms with Crippen LogP contribution in [0.4, 0.5) is 17.6 Å².